The predicted molar refractivity (Wildman–Crippen MR) is 74.4 cm³/mol. The van der Waals surface area contributed by atoms with Crippen molar-refractivity contribution in [3.05, 3.63) is 18.2 Å². The molecule has 1 aromatic rings. The van der Waals surface area contributed by atoms with Crippen molar-refractivity contribution in [2.75, 3.05) is 6.61 Å². The van der Waals surface area contributed by atoms with Crippen LogP contribution in [0, 0.1) is 5.41 Å². The van der Waals surface area contributed by atoms with Crippen LogP contribution in [0.5, 0.6) is 0 Å². The first-order valence-corrected chi connectivity index (χ1v) is 6.77. The summed E-state index contributed by atoms with van der Waals surface area (Å²) in [6.07, 6.45) is 4.63. The fourth-order valence-corrected chi connectivity index (χ4v) is 2.33. The molecule has 4 nitrogen and oxygen atoms in total. The molecule has 0 aromatic carbocycles. The molecule has 2 N–H and O–H groups in total. The van der Waals surface area contributed by atoms with E-state index >= 15 is 0 Å². The number of rotatable bonds is 6. The van der Waals surface area contributed by atoms with Crippen LogP contribution in [0.15, 0.2) is 12.4 Å². The van der Waals surface area contributed by atoms with Crippen molar-refractivity contribution in [1.82, 2.24) is 9.55 Å². The Balaban J connectivity index is 2.75. The van der Waals surface area contributed by atoms with Gasteiger partial charge in [0.2, 0.25) is 0 Å². The van der Waals surface area contributed by atoms with E-state index in [4.69, 9.17) is 10.5 Å². The molecule has 0 aliphatic heterocycles. The van der Waals surface area contributed by atoms with Crippen LogP contribution < -0.4 is 5.73 Å². The molecule has 1 aromatic heterocycles. The Morgan fingerprint density at radius 1 is 1.39 bits per heavy atom. The maximum absolute atomic E-state index is 6.33. The number of imidazole rings is 1. The third kappa shape index (κ3) is 3.82. The summed E-state index contributed by atoms with van der Waals surface area (Å²) in [4.78, 5) is 4.38. The molecule has 18 heavy (non-hydrogen) atoms. The lowest BCUT2D eigenvalue weighted by molar-refractivity contribution is -0.0278. The van der Waals surface area contributed by atoms with Gasteiger partial charge < -0.3 is 15.0 Å². The zero-order chi connectivity index (χ0) is 13.8. The molecule has 0 aliphatic carbocycles. The van der Waals surface area contributed by atoms with Crippen molar-refractivity contribution in [2.45, 2.75) is 59.7 Å². The maximum Gasteiger partial charge on any atom is 0.110 e. The van der Waals surface area contributed by atoms with Gasteiger partial charge in [0.15, 0.2) is 0 Å². The third-order valence-corrected chi connectivity index (χ3v) is 3.15. The lowest BCUT2D eigenvalue weighted by Crippen LogP contribution is -2.47. The zero-order valence-electron chi connectivity index (χ0n) is 12.3. The molecule has 2 unspecified atom stereocenters. The summed E-state index contributed by atoms with van der Waals surface area (Å²) in [5, 5.41) is 0. The van der Waals surface area contributed by atoms with Crippen LogP contribution in [0.1, 0.15) is 40.4 Å². The van der Waals surface area contributed by atoms with Crippen LogP contribution in [0.2, 0.25) is 0 Å². The summed E-state index contributed by atoms with van der Waals surface area (Å²) in [7, 11) is 0. The highest BCUT2D eigenvalue weighted by Gasteiger charge is 2.31. The van der Waals surface area contributed by atoms with Crippen LogP contribution in [-0.2, 0) is 17.7 Å². The molecule has 0 saturated heterocycles. The fraction of sp³-hybridized carbons (Fsp3) is 0.786. The van der Waals surface area contributed by atoms with Crippen molar-refractivity contribution in [3.8, 4) is 0 Å². The second-order valence-corrected chi connectivity index (χ2v) is 5.74. The minimum atomic E-state index is -0.0300. The smallest absolute Gasteiger partial charge is 0.110 e. The predicted octanol–water partition coefficient (Wildman–Crippen LogP) is 2.22. The molecule has 0 amide bonds. The standard InChI is InChI=1S/C14H27N3O/c1-6-17-9-8-16-12(17)10-11(15)13(18-7-2)14(3,4)5/h8-9,11,13H,6-7,10,15H2,1-5H3. The van der Waals surface area contributed by atoms with Crippen LogP contribution in [0.4, 0.5) is 0 Å². The van der Waals surface area contributed by atoms with Gasteiger partial charge in [0.25, 0.3) is 0 Å². The van der Waals surface area contributed by atoms with Crippen molar-refractivity contribution in [2.24, 2.45) is 11.1 Å². The summed E-state index contributed by atoms with van der Waals surface area (Å²) >= 11 is 0. The number of hydrogen-bond donors (Lipinski definition) is 1. The summed E-state index contributed by atoms with van der Waals surface area (Å²) in [5.74, 6) is 1.04. The Morgan fingerprint density at radius 3 is 2.56 bits per heavy atom. The van der Waals surface area contributed by atoms with Crippen molar-refractivity contribution in [1.29, 1.82) is 0 Å². The van der Waals surface area contributed by atoms with Gasteiger partial charge in [-0.2, -0.15) is 0 Å². The van der Waals surface area contributed by atoms with E-state index in [0.29, 0.717) is 6.61 Å². The lowest BCUT2D eigenvalue weighted by Gasteiger charge is -2.34. The summed E-state index contributed by atoms with van der Waals surface area (Å²) in [6.45, 7) is 12.2. The molecule has 1 rings (SSSR count). The van der Waals surface area contributed by atoms with Crippen LogP contribution in [-0.4, -0.2) is 28.3 Å². The minimum Gasteiger partial charge on any atom is -0.376 e. The zero-order valence-corrected chi connectivity index (χ0v) is 12.3. The number of nitrogens with zero attached hydrogens (tertiary/aromatic N) is 2. The average molecular weight is 253 g/mol. The molecule has 0 radical (unpaired) electrons. The average Bonchev–Trinajstić information content (AvgIpc) is 2.71. The third-order valence-electron chi connectivity index (χ3n) is 3.15. The molecule has 0 fully saturated rings. The molecular formula is C14H27N3O. The molecule has 104 valence electrons. The van der Waals surface area contributed by atoms with Gasteiger partial charge in [0.1, 0.15) is 5.82 Å². The summed E-state index contributed by atoms with van der Waals surface area (Å²) < 4.78 is 7.96. The molecule has 0 aliphatic rings. The van der Waals surface area contributed by atoms with E-state index in [1.54, 1.807) is 0 Å². The lowest BCUT2D eigenvalue weighted by atomic mass is 9.83. The molecule has 0 saturated carbocycles. The van der Waals surface area contributed by atoms with Crippen LogP contribution in [0.25, 0.3) is 0 Å². The number of aryl methyl sites for hydroxylation is 1. The molecule has 1 heterocycles. The SMILES string of the molecule is CCOC(C(N)Cc1nccn1CC)C(C)(C)C. The number of ether oxygens (including phenoxy) is 1. The number of aromatic nitrogens is 2. The van der Waals surface area contributed by atoms with Gasteiger partial charge in [-0.25, -0.2) is 4.98 Å². The van der Waals surface area contributed by atoms with Crippen molar-refractivity contribution >= 4 is 0 Å². The van der Waals surface area contributed by atoms with E-state index in [1.165, 1.54) is 0 Å². The van der Waals surface area contributed by atoms with E-state index in [1.807, 2.05) is 19.3 Å². The molecule has 0 spiro atoms. The van der Waals surface area contributed by atoms with E-state index < -0.39 is 0 Å². The number of nitrogens with two attached hydrogens (primary N) is 1. The van der Waals surface area contributed by atoms with Crippen molar-refractivity contribution in [3.63, 3.8) is 0 Å². The Labute approximate surface area is 111 Å². The quantitative estimate of drug-likeness (QED) is 0.846. The normalized spacial score (nSPS) is 15.7. The van der Waals surface area contributed by atoms with Crippen LogP contribution >= 0.6 is 0 Å². The number of hydrogen-bond acceptors (Lipinski definition) is 3. The van der Waals surface area contributed by atoms with Gasteiger partial charge in [-0.1, -0.05) is 20.8 Å². The minimum absolute atomic E-state index is 0.0300. The fourth-order valence-electron chi connectivity index (χ4n) is 2.33. The van der Waals surface area contributed by atoms with Crippen molar-refractivity contribution < 1.29 is 4.74 Å². The van der Waals surface area contributed by atoms with E-state index in [-0.39, 0.29) is 17.6 Å². The highest BCUT2D eigenvalue weighted by molar-refractivity contribution is 4.98. The van der Waals surface area contributed by atoms with Gasteiger partial charge in [-0.05, 0) is 19.3 Å². The molecule has 4 heteroatoms. The first kappa shape index (κ1) is 15.2. The summed E-state index contributed by atoms with van der Waals surface area (Å²) in [6, 6.07) is -0.0300. The highest BCUT2D eigenvalue weighted by atomic mass is 16.5. The van der Waals surface area contributed by atoms with Gasteiger partial charge in [0.05, 0.1) is 6.10 Å². The van der Waals surface area contributed by atoms with Gasteiger partial charge in [-0.3, -0.25) is 0 Å². The summed E-state index contributed by atoms with van der Waals surface area (Å²) in [5.41, 5.74) is 6.37. The van der Waals surface area contributed by atoms with E-state index in [0.717, 1.165) is 18.8 Å². The second-order valence-electron chi connectivity index (χ2n) is 5.74. The van der Waals surface area contributed by atoms with Crippen LogP contribution in [0.3, 0.4) is 0 Å². The van der Waals surface area contributed by atoms with E-state index in [9.17, 15) is 0 Å². The monoisotopic (exact) mass is 253 g/mol. The molecule has 2 atom stereocenters. The topological polar surface area (TPSA) is 53.1 Å². The van der Waals surface area contributed by atoms with Gasteiger partial charge >= 0.3 is 0 Å². The van der Waals surface area contributed by atoms with E-state index in [2.05, 4.69) is 37.2 Å². The second kappa shape index (κ2) is 6.34. The van der Waals surface area contributed by atoms with Gasteiger partial charge in [-0.15, -0.1) is 0 Å². The Hall–Kier alpha value is -0.870. The Kier molecular flexibility index (Phi) is 5.35. The largest absolute Gasteiger partial charge is 0.376 e. The maximum atomic E-state index is 6.33. The van der Waals surface area contributed by atoms with Gasteiger partial charge in [0, 0.05) is 38.0 Å². The first-order valence-electron chi connectivity index (χ1n) is 6.77. The molecule has 0 bridgehead atoms. The Bertz CT molecular complexity index is 354. The Morgan fingerprint density at radius 2 is 2.06 bits per heavy atom. The molecular weight excluding hydrogens is 226 g/mol. The first-order chi connectivity index (χ1) is 8.40. The highest BCUT2D eigenvalue weighted by Crippen LogP contribution is 2.25.